The maximum absolute atomic E-state index is 13.6. The van der Waals surface area contributed by atoms with Crippen LogP contribution in [0.3, 0.4) is 0 Å². The normalized spacial score (nSPS) is 23.0. The molecule has 152 valence electrons. The molecule has 4 rings (SSSR count). The van der Waals surface area contributed by atoms with Crippen molar-refractivity contribution in [1.82, 2.24) is 14.5 Å². The number of hydrogen-bond donors (Lipinski definition) is 0. The maximum Gasteiger partial charge on any atom is 0.409 e. The standard InChI is InChI=1S/C17H20F3N5O3/c1-11-9-27-5-4-24(11)14-6-15(26)25-13(17(18,19)20)2-3-23(16(25)22-14)8-12-7-21-10-28-12/h6-7,10-11,13H,2-5,8-9H2,1H3/t11-,13?/m1/s1. The van der Waals surface area contributed by atoms with E-state index in [9.17, 15) is 18.0 Å². The van der Waals surface area contributed by atoms with Gasteiger partial charge in [0.25, 0.3) is 5.56 Å². The Hall–Kier alpha value is -2.56. The molecule has 2 aliphatic rings. The number of hydrogen-bond acceptors (Lipinski definition) is 7. The number of ether oxygens (including phenoxy) is 1. The monoisotopic (exact) mass is 399 g/mol. The Morgan fingerprint density at radius 3 is 2.82 bits per heavy atom. The van der Waals surface area contributed by atoms with Crippen LogP contribution >= 0.6 is 0 Å². The fraction of sp³-hybridized carbons (Fsp3) is 0.588. The van der Waals surface area contributed by atoms with Crippen LogP contribution < -0.4 is 15.4 Å². The summed E-state index contributed by atoms with van der Waals surface area (Å²) in [5, 5.41) is 0. The number of halogens is 3. The summed E-state index contributed by atoms with van der Waals surface area (Å²) in [7, 11) is 0. The highest BCUT2D eigenvalue weighted by Gasteiger charge is 2.45. The summed E-state index contributed by atoms with van der Waals surface area (Å²) in [6.45, 7) is 3.65. The zero-order chi connectivity index (χ0) is 19.9. The predicted molar refractivity (Wildman–Crippen MR) is 93.4 cm³/mol. The Morgan fingerprint density at radius 2 is 2.14 bits per heavy atom. The van der Waals surface area contributed by atoms with Crippen molar-refractivity contribution in [2.24, 2.45) is 0 Å². The van der Waals surface area contributed by atoms with Gasteiger partial charge in [-0.15, -0.1) is 0 Å². The van der Waals surface area contributed by atoms with Crippen molar-refractivity contribution in [2.75, 3.05) is 36.1 Å². The van der Waals surface area contributed by atoms with Crippen LogP contribution in [0, 0.1) is 0 Å². The fourth-order valence-corrected chi connectivity index (χ4v) is 3.67. The van der Waals surface area contributed by atoms with Crippen LogP contribution in [0.2, 0.25) is 0 Å². The minimum Gasteiger partial charge on any atom is -0.447 e. The molecule has 0 N–H and O–H groups in total. The van der Waals surface area contributed by atoms with E-state index in [1.807, 2.05) is 11.8 Å². The SMILES string of the molecule is C[C@@H]1COCCN1c1cc(=O)n2c(n1)N(Cc1cnco1)CCC2C(F)(F)F. The first-order valence-corrected chi connectivity index (χ1v) is 9.01. The first-order chi connectivity index (χ1) is 13.3. The maximum atomic E-state index is 13.6. The smallest absolute Gasteiger partial charge is 0.409 e. The van der Waals surface area contributed by atoms with Gasteiger partial charge in [0.2, 0.25) is 5.95 Å². The molecule has 1 saturated heterocycles. The lowest BCUT2D eigenvalue weighted by atomic mass is 10.1. The van der Waals surface area contributed by atoms with Crippen molar-refractivity contribution >= 4 is 11.8 Å². The fourth-order valence-electron chi connectivity index (χ4n) is 3.67. The molecule has 0 spiro atoms. The first-order valence-electron chi connectivity index (χ1n) is 9.01. The summed E-state index contributed by atoms with van der Waals surface area (Å²) in [5.74, 6) is 0.833. The third-order valence-electron chi connectivity index (χ3n) is 5.06. The van der Waals surface area contributed by atoms with Gasteiger partial charge in [-0.25, -0.2) is 4.98 Å². The number of alkyl halides is 3. The molecule has 0 bridgehead atoms. The van der Waals surface area contributed by atoms with E-state index in [-0.39, 0.29) is 31.5 Å². The van der Waals surface area contributed by atoms with Gasteiger partial charge in [0.1, 0.15) is 17.6 Å². The van der Waals surface area contributed by atoms with E-state index >= 15 is 0 Å². The van der Waals surface area contributed by atoms with E-state index in [1.54, 1.807) is 4.90 Å². The quantitative estimate of drug-likeness (QED) is 0.781. The average Bonchev–Trinajstić information content (AvgIpc) is 3.14. The van der Waals surface area contributed by atoms with Gasteiger partial charge >= 0.3 is 6.18 Å². The molecule has 0 saturated carbocycles. The largest absolute Gasteiger partial charge is 0.447 e. The zero-order valence-corrected chi connectivity index (χ0v) is 15.2. The predicted octanol–water partition coefficient (Wildman–Crippen LogP) is 1.97. The Kier molecular flexibility index (Phi) is 4.77. The van der Waals surface area contributed by atoms with Gasteiger partial charge in [0.15, 0.2) is 6.39 Å². The minimum atomic E-state index is -4.54. The number of aromatic nitrogens is 3. The average molecular weight is 399 g/mol. The molecule has 0 radical (unpaired) electrons. The van der Waals surface area contributed by atoms with Crippen molar-refractivity contribution in [2.45, 2.75) is 38.1 Å². The summed E-state index contributed by atoms with van der Waals surface area (Å²) in [5.41, 5.74) is -0.719. The van der Waals surface area contributed by atoms with E-state index in [2.05, 4.69) is 9.97 Å². The number of oxazole rings is 1. The van der Waals surface area contributed by atoms with Crippen LogP contribution in [0.15, 0.2) is 27.9 Å². The Balaban J connectivity index is 1.78. The topological polar surface area (TPSA) is 76.6 Å². The van der Waals surface area contributed by atoms with Crippen LogP contribution in [0.1, 0.15) is 25.1 Å². The lowest BCUT2D eigenvalue weighted by Crippen LogP contribution is -2.48. The summed E-state index contributed by atoms with van der Waals surface area (Å²) >= 11 is 0. The molecule has 0 aromatic carbocycles. The molecule has 2 aromatic heterocycles. The highest BCUT2D eigenvalue weighted by atomic mass is 19.4. The van der Waals surface area contributed by atoms with Gasteiger partial charge in [-0.05, 0) is 13.3 Å². The molecule has 0 aliphatic carbocycles. The van der Waals surface area contributed by atoms with Crippen molar-refractivity contribution in [3.8, 4) is 0 Å². The Bertz CT molecular complexity index is 883. The second-order valence-corrected chi connectivity index (χ2v) is 6.98. The van der Waals surface area contributed by atoms with E-state index in [1.165, 1.54) is 18.7 Å². The number of nitrogens with zero attached hydrogens (tertiary/aromatic N) is 5. The van der Waals surface area contributed by atoms with Gasteiger partial charge in [0.05, 0.1) is 32.0 Å². The summed E-state index contributed by atoms with van der Waals surface area (Å²) < 4.78 is 52.0. The summed E-state index contributed by atoms with van der Waals surface area (Å²) in [4.78, 5) is 24.6. The molecule has 0 amide bonds. The second-order valence-electron chi connectivity index (χ2n) is 6.98. The number of fused-ring (bicyclic) bond motifs is 1. The van der Waals surface area contributed by atoms with Crippen molar-refractivity contribution in [3.63, 3.8) is 0 Å². The first kappa shape index (κ1) is 18.8. The Labute approximate surface area is 158 Å². The van der Waals surface area contributed by atoms with E-state index in [0.29, 0.717) is 31.3 Å². The van der Waals surface area contributed by atoms with Crippen molar-refractivity contribution in [1.29, 1.82) is 0 Å². The van der Waals surface area contributed by atoms with Crippen LogP contribution in [-0.4, -0.2) is 53.1 Å². The Morgan fingerprint density at radius 1 is 1.32 bits per heavy atom. The van der Waals surface area contributed by atoms with Gasteiger partial charge in [-0.3, -0.25) is 9.36 Å². The van der Waals surface area contributed by atoms with Crippen LogP contribution in [-0.2, 0) is 11.3 Å². The van der Waals surface area contributed by atoms with Crippen LogP contribution in [0.5, 0.6) is 0 Å². The molecule has 4 heterocycles. The summed E-state index contributed by atoms with van der Waals surface area (Å²) in [6.07, 6.45) is -2.03. The minimum absolute atomic E-state index is 0.00818. The molecule has 2 aromatic rings. The number of anilines is 2. The molecule has 2 aliphatic heterocycles. The van der Waals surface area contributed by atoms with E-state index in [4.69, 9.17) is 9.15 Å². The van der Waals surface area contributed by atoms with E-state index < -0.39 is 17.8 Å². The highest BCUT2D eigenvalue weighted by Crippen LogP contribution is 2.38. The molecule has 11 heteroatoms. The number of rotatable bonds is 3. The van der Waals surface area contributed by atoms with Gasteiger partial charge < -0.3 is 19.0 Å². The molecule has 1 fully saturated rings. The molecule has 2 atom stereocenters. The number of morpholine rings is 1. The zero-order valence-electron chi connectivity index (χ0n) is 15.2. The van der Waals surface area contributed by atoms with Crippen molar-refractivity contribution < 1.29 is 22.3 Å². The van der Waals surface area contributed by atoms with Crippen LogP contribution in [0.25, 0.3) is 0 Å². The second kappa shape index (κ2) is 7.12. The van der Waals surface area contributed by atoms with Gasteiger partial charge in [-0.1, -0.05) is 0 Å². The third-order valence-corrected chi connectivity index (χ3v) is 5.06. The lowest BCUT2D eigenvalue weighted by molar-refractivity contribution is -0.171. The van der Waals surface area contributed by atoms with Crippen molar-refractivity contribution in [3.05, 3.63) is 34.8 Å². The lowest BCUT2D eigenvalue weighted by Gasteiger charge is -2.38. The molecular weight excluding hydrogens is 379 g/mol. The van der Waals surface area contributed by atoms with E-state index in [0.717, 1.165) is 4.57 Å². The third kappa shape index (κ3) is 3.46. The highest BCUT2D eigenvalue weighted by molar-refractivity contribution is 5.47. The molecule has 1 unspecified atom stereocenters. The summed E-state index contributed by atoms with van der Waals surface area (Å²) in [6, 6.07) is -0.750. The van der Waals surface area contributed by atoms with Crippen LogP contribution in [0.4, 0.5) is 24.9 Å². The molecule has 28 heavy (non-hydrogen) atoms. The molecular formula is C17H20F3N5O3. The van der Waals surface area contributed by atoms with Gasteiger partial charge in [0, 0.05) is 19.2 Å². The van der Waals surface area contributed by atoms with Gasteiger partial charge in [-0.2, -0.15) is 18.2 Å². The molecule has 8 nitrogen and oxygen atoms in total.